The quantitative estimate of drug-likeness (QED) is 0.825. The lowest BCUT2D eigenvalue weighted by Gasteiger charge is -2.21. The highest BCUT2D eigenvalue weighted by atomic mass is 16.3. The van der Waals surface area contributed by atoms with Crippen molar-refractivity contribution in [1.82, 2.24) is 0 Å². The summed E-state index contributed by atoms with van der Waals surface area (Å²) in [5, 5.41) is 16.4. The number of hydrogen-bond donors (Lipinski definition) is 2. The molecule has 1 saturated carbocycles. The van der Waals surface area contributed by atoms with Gasteiger partial charge in [-0.15, -0.1) is 0 Å². The molecule has 2 N–H and O–H groups in total. The van der Waals surface area contributed by atoms with E-state index < -0.39 is 0 Å². The molecular formula is C14H22O2. The molecule has 2 nitrogen and oxygen atoms in total. The Morgan fingerprint density at radius 1 is 1.12 bits per heavy atom. The van der Waals surface area contributed by atoms with Gasteiger partial charge < -0.3 is 10.2 Å². The minimum Gasteiger partial charge on any atom is -0.400 e. The van der Waals surface area contributed by atoms with Crippen molar-refractivity contribution in [1.29, 1.82) is 0 Å². The van der Waals surface area contributed by atoms with Gasteiger partial charge in [0.25, 0.3) is 0 Å². The fraction of sp³-hybridized carbons (Fsp3) is 0.571. The zero-order chi connectivity index (χ0) is 11.8. The van der Waals surface area contributed by atoms with E-state index in [4.69, 9.17) is 5.11 Å². The zero-order valence-corrected chi connectivity index (χ0v) is 9.97. The Labute approximate surface area is 97.9 Å². The third-order valence-corrected chi connectivity index (χ3v) is 3.39. The van der Waals surface area contributed by atoms with Gasteiger partial charge in [0, 0.05) is 13.0 Å². The van der Waals surface area contributed by atoms with Gasteiger partial charge in [0.1, 0.15) is 0 Å². The molecule has 0 aliphatic heterocycles. The molecule has 1 aromatic rings. The Morgan fingerprint density at radius 2 is 1.69 bits per heavy atom. The second-order valence-corrected chi connectivity index (χ2v) is 4.24. The second-order valence-electron chi connectivity index (χ2n) is 4.24. The lowest BCUT2D eigenvalue weighted by molar-refractivity contribution is 0.226. The summed E-state index contributed by atoms with van der Waals surface area (Å²) >= 11 is 0. The van der Waals surface area contributed by atoms with Crippen LogP contribution < -0.4 is 0 Å². The van der Waals surface area contributed by atoms with Crippen LogP contribution in [0.15, 0.2) is 30.3 Å². The van der Waals surface area contributed by atoms with E-state index in [1.165, 1.54) is 31.2 Å². The van der Waals surface area contributed by atoms with E-state index in [9.17, 15) is 5.11 Å². The second kappa shape index (κ2) is 7.42. The van der Waals surface area contributed by atoms with Crippen molar-refractivity contribution >= 4 is 0 Å². The van der Waals surface area contributed by atoms with Crippen molar-refractivity contribution < 1.29 is 10.2 Å². The van der Waals surface area contributed by atoms with Crippen molar-refractivity contribution in [2.24, 2.45) is 5.92 Å². The number of rotatable bonds is 3. The van der Waals surface area contributed by atoms with Gasteiger partial charge >= 0.3 is 0 Å². The number of hydrogen-bond acceptors (Lipinski definition) is 2. The highest BCUT2D eigenvalue weighted by Gasteiger charge is 2.25. The SMILES string of the molecule is CO.OCC(c1ccccc1)C1CCCC1. The lowest BCUT2D eigenvalue weighted by Crippen LogP contribution is -2.13. The molecule has 0 radical (unpaired) electrons. The van der Waals surface area contributed by atoms with Crippen LogP contribution in [0.1, 0.15) is 37.2 Å². The van der Waals surface area contributed by atoms with Gasteiger partial charge in [0.15, 0.2) is 0 Å². The largest absolute Gasteiger partial charge is 0.400 e. The van der Waals surface area contributed by atoms with Crippen LogP contribution in [-0.2, 0) is 0 Å². The highest BCUT2D eigenvalue weighted by molar-refractivity contribution is 5.20. The summed E-state index contributed by atoms with van der Waals surface area (Å²) in [6.07, 6.45) is 5.27. The smallest absolute Gasteiger partial charge is 0.0502 e. The number of aliphatic hydroxyl groups excluding tert-OH is 2. The molecule has 1 aliphatic carbocycles. The van der Waals surface area contributed by atoms with Gasteiger partial charge in [0.2, 0.25) is 0 Å². The Balaban J connectivity index is 0.000000606. The van der Waals surface area contributed by atoms with Crippen molar-refractivity contribution in [2.45, 2.75) is 31.6 Å². The van der Waals surface area contributed by atoms with Gasteiger partial charge in [-0.05, 0) is 24.3 Å². The number of benzene rings is 1. The van der Waals surface area contributed by atoms with Gasteiger partial charge in [-0.2, -0.15) is 0 Å². The number of aliphatic hydroxyl groups is 2. The minimum absolute atomic E-state index is 0.300. The third-order valence-electron chi connectivity index (χ3n) is 3.39. The molecule has 0 heterocycles. The highest BCUT2D eigenvalue weighted by Crippen LogP contribution is 2.36. The van der Waals surface area contributed by atoms with Crippen LogP contribution in [0.3, 0.4) is 0 Å². The van der Waals surface area contributed by atoms with Crippen molar-refractivity contribution in [3.63, 3.8) is 0 Å². The summed E-state index contributed by atoms with van der Waals surface area (Å²) in [4.78, 5) is 0. The molecule has 0 amide bonds. The molecule has 0 spiro atoms. The Morgan fingerprint density at radius 3 is 2.19 bits per heavy atom. The molecule has 2 rings (SSSR count). The normalized spacial score (nSPS) is 17.7. The summed E-state index contributed by atoms with van der Waals surface area (Å²) in [6.45, 7) is 0.300. The molecule has 1 fully saturated rings. The minimum atomic E-state index is 0.300. The van der Waals surface area contributed by atoms with Crippen molar-refractivity contribution in [3.8, 4) is 0 Å². The molecule has 16 heavy (non-hydrogen) atoms. The van der Waals surface area contributed by atoms with Crippen LogP contribution in [0.5, 0.6) is 0 Å². The average Bonchev–Trinajstić information content (AvgIpc) is 2.88. The van der Waals surface area contributed by atoms with Gasteiger partial charge in [-0.3, -0.25) is 0 Å². The summed E-state index contributed by atoms with van der Waals surface area (Å²) in [6, 6.07) is 10.4. The van der Waals surface area contributed by atoms with Gasteiger partial charge in [0.05, 0.1) is 6.61 Å². The topological polar surface area (TPSA) is 40.5 Å². The fourth-order valence-electron chi connectivity index (χ4n) is 2.59. The summed E-state index contributed by atoms with van der Waals surface area (Å²) < 4.78 is 0. The van der Waals surface area contributed by atoms with Crippen LogP contribution in [0.4, 0.5) is 0 Å². The third kappa shape index (κ3) is 3.32. The van der Waals surface area contributed by atoms with E-state index >= 15 is 0 Å². The lowest BCUT2D eigenvalue weighted by atomic mass is 9.85. The van der Waals surface area contributed by atoms with Crippen LogP contribution in [0, 0.1) is 5.92 Å². The van der Waals surface area contributed by atoms with Gasteiger partial charge in [-0.1, -0.05) is 43.2 Å². The summed E-state index contributed by atoms with van der Waals surface area (Å²) in [5.41, 5.74) is 1.31. The monoisotopic (exact) mass is 222 g/mol. The van der Waals surface area contributed by atoms with Crippen LogP contribution in [-0.4, -0.2) is 23.9 Å². The zero-order valence-electron chi connectivity index (χ0n) is 9.97. The first kappa shape index (κ1) is 13.2. The standard InChI is InChI=1S/C13H18O.CH4O/c14-10-13(12-8-4-5-9-12)11-6-2-1-3-7-11;1-2/h1-3,6-7,12-14H,4-5,8-10H2;2H,1H3. The van der Waals surface area contributed by atoms with E-state index in [-0.39, 0.29) is 0 Å². The summed E-state index contributed by atoms with van der Waals surface area (Å²) in [5.74, 6) is 1.08. The Bertz CT molecular complexity index is 265. The van der Waals surface area contributed by atoms with Crippen LogP contribution >= 0.6 is 0 Å². The maximum Gasteiger partial charge on any atom is 0.0502 e. The molecule has 1 aromatic carbocycles. The fourth-order valence-corrected chi connectivity index (χ4v) is 2.59. The van der Waals surface area contributed by atoms with Crippen LogP contribution in [0.25, 0.3) is 0 Å². The van der Waals surface area contributed by atoms with Crippen molar-refractivity contribution in [2.75, 3.05) is 13.7 Å². The molecule has 90 valence electrons. The maximum atomic E-state index is 9.44. The molecule has 0 aromatic heterocycles. The Kier molecular flexibility index (Phi) is 6.12. The van der Waals surface area contributed by atoms with Crippen LogP contribution in [0.2, 0.25) is 0 Å². The molecule has 1 aliphatic rings. The van der Waals surface area contributed by atoms with E-state index in [2.05, 4.69) is 24.3 Å². The summed E-state index contributed by atoms with van der Waals surface area (Å²) in [7, 11) is 1.00. The maximum absolute atomic E-state index is 9.44. The first-order valence-corrected chi connectivity index (χ1v) is 6.02. The predicted octanol–water partition coefficient (Wildman–Crippen LogP) is 2.56. The molecule has 2 heteroatoms. The van der Waals surface area contributed by atoms with E-state index in [1.54, 1.807) is 0 Å². The molecule has 0 bridgehead atoms. The van der Waals surface area contributed by atoms with Gasteiger partial charge in [-0.25, -0.2) is 0 Å². The molecule has 1 unspecified atom stereocenters. The molecule has 0 saturated heterocycles. The van der Waals surface area contributed by atoms with E-state index in [0.29, 0.717) is 18.4 Å². The van der Waals surface area contributed by atoms with E-state index in [1.807, 2.05) is 6.07 Å². The molecular weight excluding hydrogens is 200 g/mol. The van der Waals surface area contributed by atoms with Crippen molar-refractivity contribution in [3.05, 3.63) is 35.9 Å². The predicted molar refractivity (Wildman–Crippen MR) is 66.4 cm³/mol. The average molecular weight is 222 g/mol. The molecule has 1 atom stereocenters. The van der Waals surface area contributed by atoms with E-state index in [0.717, 1.165) is 7.11 Å². The first-order valence-electron chi connectivity index (χ1n) is 6.02. The first-order chi connectivity index (χ1) is 7.92. The Hall–Kier alpha value is -0.860.